The first-order chi connectivity index (χ1) is 7.33. The van der Waals surface area contributed by atoms with Gasteiger partial charge < -0.3 is 4.90 Å². The smallest absolute Gasteiger partial charge is 0.187 e. The van der Waals surface area contributed by atoms with E-state index in [9.17, 15) is 0 Å². The van der Waals surface area contributed by atoms with Crippen molar-refractivity contribution in [2.75, 3.05) is 11.4 Å². The zero-order valence-corrected chi connectivity index (χ0v) is 9.48. The summed E-state index contributed by atoms with van der Waals surface area (Å²) < 4.78 is 0.736. The Hall–Kier alpha value is -1.07. The lowest BCUT2D eigenvalue weighted by Gasteiger charge is -2.25. The van der Waals surface area contributed by atoms with Gasteiger partial charge in [0.2, 0.25) is 0 Å². The summed E-state index contributed by atoms with van der Waals surface area (Å²) in [6.45, 7) is 1.83. The van der Waals surface area contributed by atoms with Crippen LogP contribution in [-0.2, 0) is 13.0 Å². The number of nitrogens with one attached hydrogen (secondary N) is 1. The van der Waals surface area contributed by atoms with Gasteiger partial charge in [-0.25, -0.2) is 4.98 Å². The monoisotopic (exact) mass is 240 g/mol. The minimum absolute atomic E-state index is 0.736. The van der Waals surface area contributed by atoms with E-state index in [1.165, 1.54) is 22.6 Å². The second-order valence-corrected chi connectivity index (χ2v) is 5.13. The molecule has 3 heterocycles. The zero-order valence-electron chi connectivity index (χ0n) is 7.90. The maximum absolute atomic E-state index is 5.87. The van der Waals surface area contributed by atoms with Crippen LogP contribution in [0.1, 0.15) is 11.3 Å². The number of aromatic amines is 1. The molecule has 4 nitrogen and oxygen atoms in total. The number of hydrogen-bond donors (Lipinski definition) is 1. The van der Waals surface area contributed by atoms with Crippen LogP contribution in [0.5, 0.6) is 0 Å². The maximum atomic E-state index is 5.87. The summed E-state index contributed by atoms with van der Waals surface area (Å²) in [5.74, 6) is 0. The van der Waals surface area contributed by atoms with E-state index in [4.69, 9.17) is 11.6 Å². The highest BCUT2D eigenvalue weighted by molar-refractivity contribution is 7.19. The average molecular weight is 241 g/mol. The molecule has 0 aromatic carbocycles. The topological polar surface area (TPSA) is 44.8 Å². The molecule has 0 saturated heterocycles. The van der Waals surface area contributed by atoms with Gasteiger partial charge in [0.1, 0.15) is 4.34 Å². The van der Waals surface area contributed by atoms with Gasteiger partial charge in [-0.3, -0.25) is 5.10 Å². The van der Waals surface area contributed by atoms with Crippen molar-refractivity contribution in [2.24, 2.45) is 0 Å². The number of anilines is 1. The summed E-state index contributed by atoms with van der Waals surface area (Å²) in [6, 6.07) is 0. The number of hydrogen-bond acceptors (Lipinski definition) is 4. The fourth-order valence-corrected chi connectivity index (χ4v) is 2.70. The summed E-state index contributed by atoms with van der Waals surface area (Å²) >= 11 is 7.39. The van der Waals surface area contributed by atoms with Crippen LogP contribution >= 0.6 is 22.9 Å². The van der Waals surface area contributed by atoms with Gasteiger partial charge in [0, 0.05) is 6.54 Å². The molecule has 2 aromatic heterocycles. The van der Waals surface area contributed by atoms with Gasteiger partial charge in [0.25, 0.3) is 0 Å². The van der Waals surface area contributed by atoms with Crippen molar-refractivity contribution in [3.8, 4) is 0 Å². The van der Waals surface area contributed by atoms with Crippen LogP contribution in [-0.4, -0.2) is 21.7 Å². The number of fused-ring (bicyclic) bond motifs is 1. The largest absolute Gasteiger partial charge is 0.342 e. The molecule has 0 radical (unpaired) electrons. The normalized spacial score (nSPS) is 15.4. The van der Waals surface area contributed by atoms with E-state index in [0.717, 1.165) is 29.0 Å². The molecule has 2 aromatic rings. The van der Waals surface area contributed by atoms with Gasteiger partial charge in [0.15, 0.2) is 5.13 Å². The summed E-state index contributed by atoms with van der Waals surface area (Å²) in [4.78, 5) is 6.49. The first kappa shape index (κ1) is 9.18. The van der Waals surface area contributed by atoms with Gasteiger partial charge in [0.05, 0.1) is 24.6 Å². The summed E-state index contributed by atoms with van der Waals surface area (Å²) in [7, 11) is 0. The molecule has 3 rings (SSSR count). The Labute approximate surface area is 95.9 Å². The molecule has 1 aliphatic heterocycles. The molecule has 0 spiro atoms. The molecule has 1 N–H and O–H groups in total. The number of rotatable bonds is 1. The van der Waals surface area contributed by atoms with Crippen LogP contribution in [0.2, 0.25) is 4.34 Å². The minimum atomic E-state index is 0.736. The van der Waals surface area contributed by atoms with E-state index in [-0.39, 0.29) is 0 Å². The van der Waals surface area contributed by atoms with E-state index < -0.39 is 0 Å². The molecule has 0 saturated carbocycles. The predicted molar refractivity (Wildman–Crippen MR) is 60.5 cm³/mol. The first-order valence-electron chi connectivity index (χ1n) is 4.70. The summed E-state index contributed by atoms with van der Waals surface area (Å²) in [5, 5.41) is 8.05. The first-order valence-corrected chi connectivity index (χ1v) is 5.90. The van der Waals surface area contributed by atoms with E-state index >= 15 is 0 Å². The van der Waals surface area contributed by atoms with E-state index in [0.29, 0.717) is 0 Å². The van der Waals surface area contributed by atoms with Crippen molar-refractivity contribution < 1.29 is 0 Å². The van der Waals surface area contributed by atoms with Gasteiger partial charge in [-0.1, -0.05) is 22.9 Å². The van der Waals surface area contributed by atoms with E-state index in [1.807, 2.05) is 6.20 Å². The molecular formula is C9H9ClN4S. The van der Waals surface area contributed by atoms with Crippen molar-refractivity contribution in [3.63, 3.8) is 0 Å². The van der Waals surface area contributed by atoms with Gasteiger partial charge >= 0.3 is 0 Å². The zero-order chi connectivity index (χ0) is 10.3. The van der Waals surface area contributed by atoms with Gasteiger partial charge in [-0.15, -0.1) is 0 Å². The summed E-state index contributed by atoms with van der Waals surface area (Å²) in [6.07, 6.45) is 4.62. The van der Waals surface area contributed by atoms with Crippen LogP contribution in [0.25, 0.3) is 0 Å². The Bertz CT molecular complexity index is 478. The third-order valence-corrected chi connectivity index (χ3v) is 3.72. The Kier molecular flexibility index (Phi) is 2.14. The average Bonchev–Trinajstić information content (AvgIpc) is 2.84. The van der Waals surface area contributed by atoms with Crippen molar-refractivity contribution in [2.45, 2.75) is 13.0 Å². The quantitative estimate of drug-likeness (QED) is 0.830. The van der Waals surface area contributed by atoms with Crippen LogP contribution in [0.15, 0.2) is 12.4 Å². The second kappa shape index (κ2) is 3.50. The Morgan fingerprint density at radius 1 is 1.47 bits per heavy atom. The van der Waals surface area contributed by atoms with Crippen LogP contribution in [0, 0.1) is 0 Å². The van der Waals surface area contributed by atoms with Crippen molar-refractivity contribution >= 4 is 28.1 Å². The van der Waals surface area contributed by atoms with Crippen LogP contribution < -0.4 is 4.90 Å². The third kappa shape index (κ3) is 1.61. The number of nitrogens with zero attached hydrogens (tertiary/aromatic N) is 3. The SMILES string of the molecule is Clc1cnc(N2CCc3cn[nH]c3C2)s1. The van der Waals surface area contributed by atoms with E-state index in [2.05, 4.69) is 20.1 Å². The molecule has 1 aliphatic rings. The predicted octanol–water partition coefficient (Wildman–Crippen LogP) is 2.08. The van der Waals surface area contributed by atoms with Crippen molar-refractivity contribution in [3.05, 3.63) is 28.0 Å². The minimum Gasteiger partial charge on any atom is -0.342 e. The molecule has 0 amide bonds. The fourth-order valence-electron chi connectivity index (χ4n) is 1.77. The van der Waals surface area contributed by atoms with Crippen LogP contribution in [0.4, 0.5) is 5.13 Å². The molecule has 0 bridgehead atoms. The lowest BCUT2D eigenvalue weighted by Crippen LogP contribution is -2.29. The Morgan fingerprint density at radius 3 is 3.20 bits per heavy atom. The highest BCUT2D eigenvalue weighted by Gasteiger charge is 2.19. The number of H-pyrrole nitrogens is 1. The Morgan fingerprint density at radius 2 is 2.40 bits per heavy atom. The highest BCUT2D eigenvalue weighted by atomic mass is 35.5. The highest BCUT2D eigenvalue weighted by Crippen LogP contribution is 2.29. The molecule has 15 heavy (non-hydrogen) atoms. The molecular weight excluding hydrogens is 232 g/mol. The Balaban J connectivity index is 1.87. The standard InChI is InChI=1S/C9H9ClN4S/c10-8-4-11-9(15-8)14-2-1-6-3-12-13-7(6)5-14/h3-4H,1-2,5H2,(H,12,13). The second-order valence-electron chi connectivity index (χ2n) is 3.49. The molecule has 0 fully saturated rings. The summed E-state index contributed by atoms with van der Waals surface area (Å²) in [5.41, 5.74) is 2.50. The molecule has 0 atom stereocenters. The molecule has 0 unspecified atom stereocenters. The van der Waals surface area contributed by atoms with E-state index in [1.54, 1.807) is 6.20 Å². The van der Waals surface area contributed by atoms with Gasteiger partial charge in [-0.05, 0) is 12.0 Å². The lowest BCUT2D eigenvalue weighted by atomic mass is 10.1. The van der Waals surface area contributed by atoms with Crippen molar-refractivity contribution in [1.29, 1.82) is 0 Å². The fraction of sp³-hybridized carbons (Fsp3) is 0.333. The lowest BCUT2D eigenvalue weighted by molar-refractivity contribution is 0.715. The van der Waals surface area contributed by atoms with Crippen LogP contribution in [0.3, 0.4) is 0 Å². The van der Waals surface area contributed by atoms with Gasteiger partial charge in [-0.2, -0.15) is 5.10 Å². The molecule has 6 heteroatoms. The maximum Gasteiger partial charge on any atom is 0.187 e. The number of aromatic nitrogens is 3. The molecule has 78 valence electrons. The number of halogens is 1. The van der Waals surface area contributed by atoms with Crippen molar-refractivity contribution in [1.82, 2.24) is 15.2 Å². The third-order valence-electron chi connectivity index (χ3n) is 2.54. The molecule has 0 aliphatic carbocycles. The number of thiazole rings is 1.